The van der Waals surface area contributed by atoms with Gasteiger partial charge in [0.15, 0.2) is 11.7 Å². The molecule has 0 radical (unpaired) electrons. The smallest absolute Gasteiger partial charge is 0.419 e. The molecule has 3 aromatic rings. The molecule has 0 saturated carbocycles. The summed E-state index contributed by atoms with van der Waals surface area (Å²) in [6.07, 6.45) is -0.748. The molecule has 0 spiro atoms. The Morgan fingerprint density at radius 1 is 1.22 bits per heavy atom. The minimum Gasteiger partial charge on any atom is -0.453 e. The molecule has 1 N–H and O–H groups in total. The highest BCUT2D eigenvalue weighted by atomic mass is 16.6. The Labute approximate surface area is 182 Å². The van der Waals surface area contributed by atoms with Gasteiger partial charge >= 0.3 is 11.7 Å². The fourth-order valence-corrected chi connectivity index (χ4v) is 3.31. The van der Waals surface area contributed by atoms with Crippen LogP contribution in [0.3, 0.4) is 0 Å². The number of nitrogens with one attached hydrogen (secondary N) is 1. The Morgan fingerprint density at radius 3 is 2.56 bits per heavy atom. The maximum Gasteiger partial charge on any atom is 0.419 e. The number of rotatable bonds is 8. The zero-order valence-electron chi connectivity index (χ0n) is 17.9. The summed E-state index contributed by atoms with van der Waals surface area (Å²) >= 11 is 0. The van der Waals surface area contributed by atoms with Crippen molar-refractivity contribution in [3.63, 3.8) is 0 Å². The van der Waals surface area contributed by atoms with Crippen LogP contribution in [0, 0.1) is 24.0 Å². The molecule has 1 unspecified atom stereocenters. The van der Waals surface area contributed by atoms with Crippen LogP contribution in [-0.2, 0) is 20.9 Å². The summed E-state index contributed by atoms with van der Waals surface area (Å²) in [7, 11) is 0. The molecule has 2 aromatic carbocycles. The number of nitro groups is 1. The number of fused-ring (bicyclic) bond motifs is 1. The summed E-state index contributed by atoms with van der Waals surface area (Å²) in [6, 6.07) is 9.52. The lowest BCUT2D eigenvalue weighted by Crippen LogP contribution is -2.30. The Balaban J connectivity index is 1.55. The summed E-state index contributed by atoms with van der Waals surface area (Å²) < 4.78 is 11.6. The number of para-hydroxylation sites is 1. The molecule has 168 valence electrons. The van der Waals surface area contributed by atoms with Crippen LogP contribution in [0.1, 0.15) is 30.9 Å². The molecule has 10 heteroatoms. The van der Waals surface area contributed by atoms with Crippen molar-refractivity contribution >= 4 is 34.4 Å². The van der Waals surface area contributed by atoms with Crippen molar-refractivity contribution in [2.75, 3.05) is 5.32 Å². The number of ether oxygens (including phenoxy) is 1. The molecule has 0 saturated heterocycles. The molecule has 1 amide bonds. The van der Waals surface area contributed by atoms with E-state index in [0.29, 0.717) is 11.2 Å². The van der Waals surface area contributed by atoms with Crippen LogP contribution < -0.4 is 11.1 Å². The van der Waals surface area contributed by atoms with E-state index in [4.69, 9.17) is 9.15 Å². The van der Waals surface area contributed by atoms with Gasteiger partial charge in [0.25, 0.3) is 11.6 Å². The van der Waals surface area contributed by atoms with Gasteiger partial charge in [-0.15, -0.1) is 0 Å². The highest BCUT2D eigenvalue weighted by Crippen LogP contribution is 2.21. The van der Waals surface area contributed by atoms with Crippen molar-refractivity contribution in [2.45, 2.75) is 46.3 Å². The number of esters is 1. The van der Waals surface area contributed by atoms with Crippen molar-refractivity contribution in [3.05, 3.63) is 68.2 Å². The maximum absolute atomic E-state index is 12.4. The first-order chi connectivity index (χ1) is 15.2. The Kier molecular flexibility index (Phi) is 6.72. The number of anilines is 1. The van der Waals surface area contributed by atoms with Crippen LogP contribution >= 0.6 is 0 Å². The fourth-order valence-electron chi connectivity index (χ4n) is 3.31. The topological polar surface area (TPSA) is 134 Å². The molecule has 0 aliphatic carbocycles. The molecule has 1 aromatic heterocycles. The van der Waals surface area contributed by atoms with Crippen molar-refractivity contribution in [2.24, 2.45) is 0 Å². The fraction of sp³-hybridized carbons (Fsp3) is 0.318. The molecule has 0 aliphatic heterocycles. The van der Waals surface area contributed by atoms with Gasteiger partial charge < -0.3 is 14.5 Å². The van der Waals surface area contributed by atoms with E-state index in [1.165, 1.54) is 29.7 Å². The predicted octanol–water partition coefficient (Wildman–Crippen LogP) is 3.47. The van der Waals surface area contributed by atoms with E-state index in [9.17, 15) is 24.5 Å². The highest BCUT2D eigenvalue weighted by Gasteiger charge is 2.20. The van der Waals surface area contributed by atoms with Gasteiger partial charge in [0.2, 0.25) is 0 Å². The molecule has 1 heterocycles. The van der Waals surface area contributed by atoms with Crippen LogP contribution in [0.2, 0.25) is 0 Å². The first-order valence-electron chi connectivity index (χ1n) is 10.0. The number of aromatic nitrogens is 1. The second-order valence-electron chi connectivity index (χ2n) is 7.42. The number of nitro benzene ring substituents is 1. The van der Waals surface area contributed by atoms with Crippen molar-refractivity contribution < 1.29 is 23.7 Å². The van der Waals surface area contributed by atoms with Gasteiger partial charge in [-0.2, -0.15) is 0 Å². The van der Waals surface area contributed by atoms with E-state index >= 15 is 0 Å². The van der Waals surface area contributed by atoms with E-state index in [1.54, 1.807) is 0 Å². The summed E-state index contributed by atoms with van der Waals surface area (Å²) in [5, 5.41) is 13.6. The number of aryl methyl sites for hydroxylation is 3. The van der Waals surface area contributed by atoms with Crippen molar-refractivity contribution in [3.8, 4) is 0 Å². The van der Waals surface area contributed by atoms with Gasteiger partial charge in [-0.25, -0.2) is 4.79 Å². The van der Waals surface area contributed by atoms with Gasteiger partial charge in [-0.1, -0.05) is 18.2 Å². The third-order valence-electron chi connectivity index (χ3n) is 5.03. The van der Waals surface area contributed by atoms with Crippen LogP contribution in [0.5, 0.6) is 0 Å². The van der Waals surface area contributed by atoms with Gasteiger partial charge in [0.1, 0.15) is 0 Å². The first-order valence-corrected chi connectivity index (χ1v) is 10.0. The highest BCUT2D eigenvalue weighted by molar-refractivity contribution is 5.96. The van der Waals surface area contributed by atoms with E-state index in [0.717, 1.165) is 11.1 Å². The largest absolute Gasteiger partial charge is 0.453 e. The number of carbonyl (C=O) groups is 2. The number of amides is 1. The van der Waals surface area contributed by atoms with E-state index in [-0.39, 0.29) is 30.7 Å². The third kappa shape index (κ3) is 5.02. The Hall–Kier alpha value is -3.95. The Morgan fingerprint density at radius 2 is 1.91 bits per heavy atom. The zero-order valence-corrected chi connectivity index (χ0v) is 17.9. The predicted molar refractivity (Wildman–Crippen MR) is 116 cm³/mol. The average Bonchev–Trinajstić information content (AvgIpc) is 3.05. The lowest BCUT2D eigenvalue weighted by molar-refractivity contribution is -0.384. The lowest BCUT2D eigenvalue weighted by Gasteiger charge is -2.16. The molecule has 0 aliphatic rings. The van der Waals surface area contributed by atoms with Crippen LogP contribution in [-0.4, -0.2) is 27.5 Å². The summed E-state index contributed by atoms with van der Waals surface area (Å²) in [5.74, 6) is -1.68. The molecule has 1 atom stereocenters. The van der Waals surface area contributed by atoms with Gasteiger partial charge in [-0.3, -0.25) is 24.3 Å². The minimum atomic E-state index is -0.987. The van der Waals surface area contributed by atoms with Crippen molar-refractivity contribution in [1.29, 1.82) is 0 Å². The normalized spacial score (nSPS) is 11.8. The summed E-state index contributed by atoms with van der Waals surface area (Å²) in [4.78, 5) is 46.9. The Bertz CT molecular complexity index is 1220. The SMILES string of the molecule is Cc1cccc(C)c1NC(=O)C(C)OC(=O)CCCn1c(=O)oc2cc([N+](=O)[O-])ccc21. The van der Waals surface area contributed by atoms with Crippen LogP contribution in [0.15, 0.2) is 45.6 Å². The standard InChI is InChI=1S/C22H23N3O7/c1-13-6-4-7-14(2)20(13)23-21(27)15(3)31-19(26)8-5-11-24-17-10-9-16(25(29)30)12-18(17)32-22(24)28/h4,6-7,9-10,12,15H,5,8,11H2,1-3H3,(H,23,27). The molecular weight excluding hydrogens is 418 g/mol. The number of benzene rings is 2. The van der Waals surface area contributed by atoms with Gasteiger partial charge in [-0.05, 0) is 44.4 Å². The zero-order chi connectivity index (χ0) is 23.4. The first kappa shape index (κ1) is 22.7. The third-order valence-corrected chi connectivity index (χ3v) is 5.03. The van der Waals surface area contributed by atoms with Crippen LogP contribution in [0.25, 0.3) is 11.1 Å². The molecule has 10 nitrogen and oxygen atoms in total. The molecule has 0 fully saturated rings. The summed E-state index contributed by atoms with van der Waals surface area (Å²) in [6.45, 7) is 5.39. The van der Waals surface area contributed by atoms with Crippen LogP contribution in [0.4, 0.5) is 11.4 Å². The molecule has 3 rings (SSSR count). The van der Waals surface area contributed by atoms with Gasteiger partial charge in [0.05, 0.1) is 16.5 Å². The minimum absolute atomic E-state index is 0.0207. The molecular formula is C22H23N3O7. The van der Waals surface area contributed by atoms with E-state index in [2.05, 4.69) is 5.32 Å². The average molecular weight is 441 g/mol. The number of hydrogen-bond acceptors (Lipinski definition) is 7. The van der Waals surface area contributed by atoms with E-state index < -0.39 is 28.7 Å². The maximum atomic E-state index is 12.4. The molecule has 32 heavy (non-hydrogen) atoms. The number of nitrogens with zero attached hydrogens (tertiary/aromatic N) is 2. The monoisotopic (exact) mass is 441 g/mol. The molecule has 0 bridgehead atoms. The number of hydrogen-bond donors (Lipinski definition) is 1. The number of oxazole rings is 1. The van der Waals surface area contributed by atoms with Gasteiger partial charge in [0, 0.05) is 24.7 Å². The lowest BCUT2D eigenvalue weighted by atomic mass is 10.1. The number of carbonyl (C=O) groups excluding carboxylic acids is 2. The van der Waals surface area contributed by atoms with Crippen molar-refractivity contribution in [1.82, 2.24) is 4.57 Å². The quantitative estimate of drug-likeness (QED) is 0.321. The summed E-state index contributed by atoms with van der Waals surface area (Å²) in [5.41, 5.74) is 2.81. The second-order valence-corrected chi connectivity index (χ2v) is 7.42. The van der Waals surface area contributed by atoms with E-state index in [1.807, 2.05) is 32.0 Å². The number of non-ortho nitro benzene ring substituents is 1. The second kappa shape index (κ2) is 9.46.